The van der Waals surface area contributed by atoms with Crippen LogP contribution < -0.4 is 16.0 Å². The Balaban J connectivity index is 2.47. The topological polar surface area (TPSA) is 75.4 Å². The van der Waals surface area contributed by atoms with E-state index in [9.17, 15) is 9.59 Å². The van der Waals surface area contributed by atoms with E-state index in [0.717, 1.165) is 5.56 Å². The molecule has 0 unspecified atom stereocenters. The van der Waals surface area contributed by atoms with Gasteiger partial charge in [0.15, 0.2) is 0 Å². The first-order valence-electron chi connectivity index (χ1n) is 6.31. The molecule has 0 saturated heterocycles. The van der Waals surface area contributed by atoms with E-state index < -0.39 is 5.54 Å². The van der Waals surface area contributed by atoms with Gasteiger partial charge < -0.3 is 11.1 Å². The van der Waals surface area contributed by atoms with Gasteiger partial charge in [0.05, 0.1) is 11.2 Å². The number of likely N-dealkylation sites (N-methyl/N-ethyl adjacent to an activating group) is 1. The smallest absolute Gasteiger partial charge is 0.253 e. The van der Waals surface area contributed by atoms with Crippen molar-refractivity contribution in [2.45, 2.75) is 32.2 Å². The molecule has 1 heterocycles. The standard InChI is InChI=1S/C14H19N3O2/c1-14(2,16-3)13(19)17-11-6-5-10(15)8-9(11)4-7-12(17)18/h5-6,8,16H,4,7,15H2,1-3H3. The second-order valence-electron chi connectivity index (χ2n) is 5.30. The molecular formula is C14H19N3O2. The molecule has 1 aromatic rings. The number of nitrogen functional groups attached to an aromatic ring is 1. The van der Waals surface area contributed by atoms with E-state index in [1.54, 1.807) is 33.0 Å². The third kappa shape index (κ3) is 2.33. The Hall–Kier alpha value is -1.88. The lowest BCUT2D eigenvalue weighted by Gasteiger charge is -2.34. The lowest BCUT2D eigenvalue weighted by molar-refractivity contribution is -0.130. The Morgan fingerprint density at radius 3 is 2.68 bits per heavy atom. The van der Waals surface area contributed by atoms with Crippen LogP contribution in [0.2, 0.25) is 0 Å². The van der Waals surface area contributed by atoms with Gasteiger partial charge in [-0.1, -0.05) is 0 Å². The van der Waals surface area contributed by atoms with Gasteiger partial charge in [0.1, 0.15) is 0 Å². The zero-order valence-electron chi connectivity index (χ0n) is 11.5. The van der Waals surface area contributed by atoms with Crippen molar-refractivity contribution in [1.82, 2.24) is 5.32 Å². The predicted molar refractivity (Wildman–Crippen MR) is 74.8 cm³/mol. The Kier molecular flexibility index (Phi) is 3.32. The first-order valence-corrected chi connectivity index (χ1v) is 6.31. The molecule has 0 aliphatic carbocycles. The lowest BCUT2D eigenvalue weighted by atomic mass is 9.96. The summed E-state index contributed by atoms with van der Waals surface area (Å²) >= 11 is 0. The maximum atomic E-state index is 12.5. The predicted octanol–water partition coefficient (Wildman–Crippen LogP) is 1.07. The molecule has 0 atom stereocenters. The molecule has 19 heavy (non-hydrogen) atoms. The van der Waals surface area contributed by atoms with Gasteiger partial charge in [0.2, 0.25) is 5.91 Å². The number of hydrogen-bond acceptors (Lipinski definition) is 4. The molecule has 5 heteroatoms. The van der Waals surface area contributed by atoms with Crippen LogP contribution in [0.15, 0.2) is 18.2 Å². The summed E-state index contributed by atoms with van der Waals surface area (Å²) in [6.45, 7) is 3.52. The first kappa shape index (κ1) is 13.5. The molecule has 1 aliphatic heterocycles. The van der Waals surface area contributed by atoms with E-state index in [-0.39, 0.29) is 11.8 Å². The maximum Gasteiger partial charge on any atom is 0.253 e. The van der Waals surface area contributed by atoms with Crippen LogP contribution in [0.25, 0.3) is 0 Å². The SMILES string of the molecule is CNC(C)(C)C(=O)N1C(=O)CCc2cc(N)ccc21. The second-order valence-corrected chi connectivity index (χ2v) is 5.30. The summed E-state index contributed by atoms with van der Waals surface area (Å²) in [5, 5.41) is 2.93. The lowest BCUT2D eigenvalue weighted by Crippen LogP contribution is -2.55. The average molecular weight is 261 g/mol. The summed E-state index contributed by atoms with van der Waals surface area (Å²) in [4.78, 5) is 25.9. The summed E-state index contributed by atoms with van der Waals surface area (Å²) in [6, 6.07) is 5.28. The van der Waals surface area contributed by atoms with Crippen LogP contribution >= 0.6 is 0 Å². The molecule has 0 bridgehead atoms. The van der Waals surface area contributed by atoms with E-state index in [0.29, 0.717) is 24.2 Å². The van der Waals surface area contributed by atoms with Crippen LogP contribution in [0.3, 0.4) is 0 Å². The molecule has 3 N–H and O–H groups in total. The monoisotopic (exact) mass is 261 g/mol. The average Bonchev–Trinajstić information content (AvgIpc) is 2.38. The van der Waals surface area contributed by atoms with Crippen LogP contribution in [0, 0.1) is 0 Å². The summed E-state index contributed by atoms with van der Waals surface area (Å²) < 4.78 is 0. The third-order valence-corrected chi connectivity index (χ3v) is 3.56. The number of rotatable bonds is 2. The van der Waals surface area contributed by atoms with Crippen molar-refractivity contribution >= 4 is 23.2 Å². The van der Waals surface area contributed by atoms with Crippen molar-refractivity contribution in [1.29, 1.82) is 0 Å². The zero-order chi connectivity index (χ0) is 14.2. The highest BCUT2D eigenvalue weighted by Gasteiger charge is 2.37. The summed E-state index contributed by atoms with van der Waals surface area (Å²) in [6.07, 6.45) is 0.963. The van der Waals surface area contributed by atoms with Gasteiger partial charge in [0, 0.05) is 12.1 Å². The number of anilines is 2. The molecule has 5 nitrogen and oxygen atoms in total. The van der Waals surface area contributed by atoms with Crippen LogP contribution in [0.5, 0.6) is 0 Å². The number of nitrogens with two attached hydrogens (primary N) is 1. The molecule has 1 aromatic carbocycles. The number of hydrogen-bond donors (Lipinski definition) is 2. The van der Waals surface area contributed by atoms with Crippen molar-refractivity contribution in [3.05, 3.63) is 23.8 Å². The molecule has 102 valence electrons. The fourth-order valence-electron chi connectivity index (χ4n) is 2.12. The minimum Gasteiger partial charge on any atom is -0.399 e. The third-order valence-electron chi connectivity index (χ3n) is 3.56. The number of carbonyl (C=O) groups excluding carboxylic acids is 2. The maximum absolute atomic E-state index is 12.5. The molecule has 0 saturated carbocycles. The number of amides is 2. The molecular weight excluding hydrogens is 242 g/mol. The minimum atomic E-state index is -0.786. The number of fused-ring (bicyclic) bond motifs is 1. The van der Waals surface area contributed by atoms with E-state index >= 15 is 0 Å². The number of benzene rings is 1. The highest BCUT2D eigenvalue weighted by molar-refractivity contribution is 6.19. The molecule has 2 amide bonds. The van der Waals surface area contributed by atoms with E-state index in [1.807, 2.05) is 6.07 Å². The number of nitrogens with zero attached hydrogens (tertiary/aromatic N) is 1. The molecule has 0 radical (unpaired) electrons. The van der Waals surface area contributed by atoms with Gasteiger partial charge in [-0.3, -0.25) is 9.59 Å². The van der Waals surface area contributed by atoms with Gasteiger partial charge >= 0.3 is 0 Å². The van der Waals surface area contributed by atoms with Crippen LogP contribution in [-0.4, -0.2) is 24.4 Å². The van der Waals surface area contributed by atoms with Crippen molar-refractivity contribution in [2.24, 2.45) is 0 Å². The fraction of sp³-hybridized carbons (Fsp3) is 0.429. The summed E-state index contributed by atoms with van der Waals surface area (Å²) in [5.41, 5.74) is 7.21. The Morgan fingerprint density at radius 2 is 2.05 bits per heavy atom. The van der Waals surface area contributed by atoms with Crippen LogP contribution in [0.4, 0.5) is 11.4 Å². The van der Waals surface area contributed by atoms with Crippen molar-refractivity contribution in [3.63, 3.8) is 0 Å². The zero-order valence-corrected chi connectivity index (χ0v) is 11.5. The number of carbonyl (C=O) groups is 2. The van der Waals surface area contributed by atoms with Crippen LogP contribution in [-0.2, 0) is 16.0 Å². The van der Waals surface area contributed by atoms with Gasteiger partial charge in [0.25, 0.3) is 5.91 Å². The van der Waals surface area contributed by atoms with E-state index in [2.05, 4.69) is 5.32 Å². The number of imide groups is 1. The fourth-order valence-corrected chi connectivity index (χ4v) is 2.12. The highest BCUT2D eigenvalue weighted by atomic mass is 16.2. The van der Waals surface area contributed by atoms with Gasteiger partial charge in [-0.2, -0.15) is 0 Å². The van der Waals surface area contributed by atoms with Crippen LogP contribution in [0.1, 0.15) is 25.8 Å². The van der Waals surface area contributed by atoms with Crippen molar-refractivity contribution in [2.75, 3.05) is 17.7 Å². The van der Waals surface area contributed by atoms with E-state index in [1.165, 1.54) is 4.90 Å². The first-order chi connectivity index (χ1) is 8.86. The normalized spacial score (nSPS) is 15.3. The quantitative estimate of drug-likeness (QED) is 0.781. The molecule has 0 aromatic heterocycles. The highest BCUT2D eigenvalue weighted by Crippen LogP contribution is 2.31. The Morgan fingerprint density at radius 1 is 1.37 bits per heavy atom. The molecule has 0 spiro atoms. The largest absolute Gasteiger partial charge is 0.399 e. The van der Waals surface area contributed by atoms with Gasteiger partial charge in [-0.25, -0.2) is 4.90 Å². The van der Waals surface area contributed by atoms with E-state index in [4.69, 9.17) is 5.73 Å². The number of nitrogens with one attached hydrogen (secondary N) is 1. The van der Waals surface area contributed by atoms with Crippen molar-refractivity contribution < 1.29 is 9.59 Å². The Bertz CT molecular complexity index is 537. The summed E-state index contributed by atoms with van der Waals surface area (Å²) in [5.74, 6) is -0.406. The number of aryl methyl sites for hydroxylation is 1. The van der Waals surface area contributed by atoms with Gasteiger partial charge in [-0.05, 0) is 51.1 Å². The second kappa shape index (κ2) is 4.66. The molecule has 1 aliphatic rings. The minimum absolute atomic E-state index is 0.161. The van der Waals surface area contributed by atoms with Gasteiger partial charge in [-0.15, -0.1) is 0 Å². The summed E-state index contributed by atoms with van der Waals surface area (Å²) in [7, 11) is 1.70. The Labute approximate surface area is 112 Å². The molecule has 0 fully saturated rings. The van der Waals surface area contributed by atoms with Crippen molar-refractivity contribution in [3.8, 4) is 0 Å². The molecule has 2 rings (SSSR count).